The number of hydrogen-bond acceptors (Lipinski definition) is 5. The summed E-state index contributed by atoms with van der Waals surface area (Å²) in [5.74, 6) is -0.243. The highest BCUT2D eigenvalue weighted by Crippen LogP contribution is 2.35. The average molecular weight is 471 g/mol. The van der Waals surface area contributed by atoms with Crippen LogP contribution in [-0.4, -0.2) is 43.2 Å². The van der Waals surface area contributed by atoms with Crippen LogP contribution in [-0.2, 0) is 19.6 Å². The Morgan fingerprint density at radius 2 is 1.58 bits per heavy atom. The van der Waals surface area contributed by atoms with Crippen LogP contribution in [0.15, 0.2) is 59.5 Å². The first kappa shape index (κ1) is 23.4. The highest BCUT2D eigenvalue weighted by atomic mass is 32.2. The number of amides is 2. The number of rotatable bonds is 7. The van der Waals surface area contributed by atoms with E-state index in [2.05, 4.69) is 0 Å². The van der Waals surface area contributed by atoms with Gasteiger partial charge in [0.25, 0.3) is 5.91 Å². The highest BCUT2D eigenvalue weighted by Gasteiger charge is 2.49. The quantitative estimate of drug-likeness (QED) is 0.449. The summed E-state index contributed by atoms with van der Waals surface area (Å²) in [5.41, 5.74) is 0.425. The van der Waals surface area contributed by atoms with Gasteiger partial charge in [0, 0.05) is 6.04 Å². The molecule has 2 aliphatic rings. The van der Waals surface area contributed by atoms with Crippen molar-refractivity contribution < 1.29 is 22.7 Å². The fraction of sp³-hybridized carbons (Fsp3) is 0.440. The maximum Gasteiger partial charge on any atom is 0.252 e. The van der Waals surface area contributed by atoms with Crippen molar-refractivity contribution >= 4 is 27.5 Å². The lowest BCUT2D eigenvalue weighted by atomic mass is 10.1. The first-order valence-electron chi connectivity index (χ1n) is 11.6. The van der Waals surface area contributed by atoms with Gasteiger partial charge in [0.2, 0.25) is 15.9 Å². The van der Waals surface area contributed by atoms with Crippen molar-refractivity contribution in [2.75, 3.05) is 11.5 Å². The summed E-state index contributed by atoms with van der Waals surface area (Å²) in [6, 6.07) is 13.6. The van der Waals surface area contributed by atoms with Crippen LogP contribution in [0.1, 0.15) is 51.9 Å². The van der Waals surface area contributed by atoms with Gasteiger partial charge in [0.05, 0.1) is 23.6 Å². The van der Waals surface area contributed by atoms with Gasteiger partial charge >= 0.3 is 0 Å². The number of hydrogen-bond donors (Lipinski definition) is 0. The summed E-state index contributed by atoms with van der Waals surface area (Å²) in [4.78, 5) is 27.8. The van der Waals surface area contributed by atoms with Gasteiger partial charge in [-0.15, -0.1) is 0 Å². The molecule has 4 rings (SSSR count). The molecule has 2 amide bonds. The number of carbonyl (C=O) groups excluding carboxylic acids is 2. The molecule has 1 aliphatic heterocycles. The molecule has 1 atom stereocenters. The third-order valence-electron chi connectivity index (χ3n) is 6.34. The van der Waals surface area contributed by atoms with E-state index in [0.29, 0.717) is 30.9 Å². The zero-order chi connectivity index (χ0) is 23.4. The van der Waals surface area contributed by atoms with Crippen LogP contribution in [0.3, 0.4) is 0 Å². The molecule has 1 heterocycles. The van der Waals surface area contributed by atoms with E-state index in [1.807, 2.05) is 6.92 Å². The average Bonchev–Trinajstić information content (AvgIpc) is 2.98. The molecule has 1 unspecified atom stereocenters. The van der Waals surface area contributed by atoms with Crippen molar-refractivity contribution in [3.8, 4) is 5.75 Å². The molecule has 0 N–H and O–H groups in total. The van der Waals surface area contributed by atoms with Gasteiger partial charge in [0.15, 0.2) is 0 Å². The van der Waals surface area contributed by atoms with Crippen LogP contribution >= 0.6 is 0 Å². The second-order valence-electron chi connectivity index (χ2n) is 8.51. The summed E-state index contributed by atoms with van der Waals surface area (Å²) >= 11 is 0. The fourth-order valence-corrected chi connectivity index (χ4v) is 6.64. The van der Waals surface area contributed by atoms with Gasteiger partial charge in [0.1, 0.15) is 11.8 Å². The number of sulfonamides is 1. The van der Waals surface area contributed by atoms with Crippen LogP contribution < -0.4 is 9.64 Å². The lowest BCUT2D eigenvalue weighted by molar-refractivity contribution is -0.122. The summed E-state index contributed by atoms with van der Waals surface area (Å²) in [6.45, 7) is 2.39. The Morgan fingerprint density at radius 1 is 0.939 bits per heavy atom. The zero-order valence-electron chi connectivity index (χ0n) is 18.9. The molecule has 2 aromatic carbocycles. The summed E-state index contributed by atoms with van der Waals surface area (Å²) in [7, 11) is -3.96. The van der Waals surface area contributed by atoms with E-state index in [4.69, 9.17) is 4.74 Å². The van der Waals surface area contributed by atoms with E-state index >= 15 is 0 Å². The molecule has 2 fully saturated rings. The van der Waals surface area contributed by atoms with Crippen LogP contribution in [0.5, 0.6) is 5.75 Å². The van der Waals surface area contributed by atoms with E-state index < -0.39 is 27.9 Å². The van der Waals surface area contributed by atoms with E-state index in [1.54, 1.807) is 54.6 Å². The fourth-order valence-electron chi connectivity index (χ4n) is 4.79. The second-order valence-corrected chi connectivity index (χ2v) is 10.4. The minimum atomic E-state index is -3.96. The van der Waals surface area contributed by atoms with Gasteiger partial charge in [-0.1, -0.05) is 43.9 Å². The molecule has 0 radical (unpaired) electrons. The summed E-state index contributed by atoms with van der Waals surface area (Å²) < 4.78 is 34.3. The molecule has 0 spiro atoms. The van der Waals surface area contributed by atoms with Crippen molar-refractivity contribution in [1.29, 1.82) is 0 Å². The molecule has 1 saturated heterocycles. The molecular weight excluding hydrogens is 440 g/mol. The standard InChI is InChI=1S/C25H30N2O5S/c1-2-32-21-16-14-19(15-17-21)26-24(28)18-23(25(26)29)27(20-10-6-3-4-7-11-20)33(30,31)22-12-8-5-9-13-22/h5,8-9,12-17,20,23H,2-4,6-7,10-11,18H2,1H3. The Morgan fingerprint density at radius 3 is 2.18 bits per heavy atom. The predicted octanol–water partition coefficient (Wildman–Crippen LogP) is 4.13. The maximum absolute atomic E-state index is 13.8. The number of imide groups is 1. The first-order chi connectivity index (χ1) is 15.9. The molecule has 0 bridgehead atoms. The maximum atomic E-state index is 13.8. The van der Waals surface area contributed by atoms with Crippen molar-refractivity contribution in [3.63, 3.8) is 0 Å². The van der Waals surface area contributed by atoms with E-state index in [0.717, 1.165) is 30.6 Å². The molecule has 1 saturated carbocycles. The van der Waals surface area contributed by atoms with Crippen molar-refractivity contribution in [2.24, 2.45) is 0 Å². The van der Waals surface area contributed by atoms with E-state index in [1.165, 1.54) is 4.31 Å². The molecule has 176 valence electrons. The molecule has 7 nitrogen and oxygen atoms in total. The number of nitrogens with zero attached hydrogens (tertiary/aromatic N) is 2. The molecule has 2 aromatic rings. The monoisotopic (exact) mass is 470 g/mol. The minimum Gasteiger partial charge on any atom is -0.494 e. The molecule has 1 aliphatic carbocycles. The molecule has 33 heavy (non-hydrogen) atoms. The normalized spacial score (nSPS) is 20.3. The molecular formula is C25H30N2O5S. The van der Waals surface area contributed by atoms with Crippen molar-refractivity contribution in [2.45, 2.75) is 68.8 Å². The zero-order valence-corrected chi connectivity index (χ0v) is 19.7. The van der Waals surface area contributed by atoms with Gasteiger partial charge in [-0.2, -0.15) is 4.31 Å². The topological polar surface area (TPSA) is 84.0 Å². The Hall–Kier alpha value is -2.71. The van der Waals surface area contributed by atoms with Crippen molar-refractivity contribution in [3.05, 3.63) is 54.6 Å². The predicted molar refractivity (Wildman–Crippen MR) is 125 cm³/mol. The van der Waals surface area contributed by atoms with Crippen molar-refractivity contribution in [1.82, 2.24) is 4.31 Å². The van der Waals surface area contributed by atoms with Gasteiger partial charge in [-0.25, -0.2) is 13.3 Å². The lowest BCUT2D eigenvalue weighted by Gasteiger charge is -2.33. The Labute approximate surface area is 195 Å². The van der Waals surface area contributed by atoms with E-state index in [-0.39, 0.29) is 17.4 Å². The largest absolute Gasteiger partial charge is 0.494 e. The molecule has 8 heteroatoms. The first-order valence-corrected chi connectivity index (χ1v) is 13.1. The van der Waals surface area contributed by atoms with E-state index in [9.17, 15) is 18.0 Å². The van der Waals surface area contributed by atoms with Crippen LogP contribution in [0.4, 0.5) is 5.69 Å². The Bertz CT molecular complexity index is 1080. The lowest BCUT2D eigenvalue weighted by Crippen LogP contribution is -2.50. The Balaban J connectivity index is 1.69. The number of anilines is 1. The highest BCUT2D eigenvalue weighted by molar-refractivity contribution is 7.89. The number of carbonyl (C=O) groups is 2. The van der Waals surface area contributed by atoms with Gasteiger partial charge < -0.3 is 4.74 Å². The van der Waals surface area contributed by atoms with Gasteiger partial charge in [-0.3, -0.25) is 9.59 Å². The Kier molecular flexibility index (Phi) is 7.14. The number of benzene rings is 2. The second kappa shape index (κ2) is 10.1. The van der Waals surface area contributed by atoms with Crippen LogP contribution in [0.25, 0.3) is 0 Å². The third-order valence-corrected chi connectivity index (χ3v) is 8.31. The van der Waals surface area contributed by atoms with Crippen LogP contribution in [0, 0.1) is 0 Å². The summed E-state index contributed by atoms with van der Waals surface area (Å²) in [6.07, 6.45) is 5.12. The molecule has 0 aromatic heterocycles. The number of ether oxygens (including phenoxy) is 1. The minimum absolute atomic E-state index is 0.147. The van der Waals surface area contributed by atoms with Crippen LogP contribution in [0.2, 0.25) is 0 Å². The van der Waals surface area contributed by atoms with Gasteiger partial charge in [-0.05, 0) is 56.2 Å². The third kappa shape index (κ3) is 4.82. The summed E-state index contributed by atoms with van der Waals surface area (Å²) in [5, 5.41) is 0. The smallest absolute Gasteiger partial charge is 0.252 e. The SMILES string of the molecule is CCOc1ccc(N2C(=O)CC(N(C3CCCCCC3)S(=O)(=O)c3ccccc3)C2=O)cc1.